The minimum Gasteiger partial charge on any atom is -0.463 e. The van der Waals surface area contributed by atoms with Crippen molar-refractivity contribution in [3.63, 3.8) is 0 Å². The van der Waals surface area contributed by atoms with Crippen LogP contribution in [0.3, 0.4) is 0 Å². The summed E-state index contributed by atoms with van der Waals surface area (Å²) < 4.78 is 23.4. The maximum absolute atomic E-state index is 12.6. The Morgan fingerprint density at radius 3 is 2.40 bits per heavy atom. The summed E-state index contributed by atoms with van der Waals surface area (Å²) in [7, 11) is 0. The Kier molecular flexibility index (Phi) is 4.52. The summed E-state index contributed by atoms with van der Waals surface area (Å²) in [5, 5.41) is 0. The normalized spacial score (nSPS) is 14.7. The third kappa shape index (κ3) is 3.85. The van der Waals surface area contributed by atoms with E-state index in [1.54, 1.807) is 19.1 Å². The summed E-state index contributed by atoms with van der Waals surface area (Å²) in [5.74, 6) is 0.253. The van der Waals surface area contributed by atoms with E-state index in [1.165, 1.54) is 12.1 Å². The molecule has 0 aliphatic heterocycles. The molecule has 4 heteroatoms. The van der Waals surface area contributed by atoms with Gasteiger partial charge in [0, 0.05) is 6.61 Å². The molecule has 84 valence electrons. The van der Waals surface area contributed by atoms with Gasteiger partial charge in [0.25, 0.3) is 0 Å². The van der Waals surface area contributed by atoms with Gasteiger partial charge in [-0.2, -0.15) is 0 Å². The van der Waals surface area contributed by atoms with Crippen LogP contribution in [-0.4, -0.2) is 18.9 Å². The number of rotatable bonds is 5. The van der Waals surface area contributed by atoms with Crippen molar-refractivity contribution >= 4 is 0 Å². The molecule has 3 nitrogen and oxygen atoms in total. The average Bonchev–Trinajstić information content (AvgIpc) is 2.20. The summed E-state index contributed by atoms with van der Waals surface area (Å²) >= 11 is 0. The molecule has 0 aliphatic carbocycles. The fourth-order valence-electron chi connectivity index (χ4n) is 1.10. The lowest BCUT2D eigenvalue weighted by Gasteiger charge is -2.21. The van der Waals surface area contributed by atoms with Crippen LogP contribution in [0.25, 0.3) is 0 Å². The highest BCUT2D eigenvalue weighted by molar-refractivity contribution is 5.22. The van der Waals surface area contributed by atoms with Crippen LogP contribution in [0, 0.1) is 5.82 Å². The summed E-state index contributed by atoms with van der Waals surface area (Å²) in [6, 6.07) is 5.52. The highest BCUT2D eigenvalue weighted by Gasteiger charge is 2.15. The first kappa shape index (κ1) is 11.9. The first-order valence-corrected chi connectivity index (χ1v) is 4.93. The largest absolute Gasteiger partial charge is 0.463 e. The van der Waals surface area contributed by atoms with Gasteiger partial charge in [0.1, 0.15) is 11.6 Å². The average molecular weight is 213 g/mol. The molecule has 1 aromatic carbocycles. The zero-order valence-electron chi connectivity index (χ0n) is 8.94. The first-order chi connectivity index (χ1) is 7.13. The third-order valence-electron chi connectivity index (χ3n) is 1.83. The SMILES string of the molecule is CCOC(Oc1ccc(F)cc1)C(C)N. The van der Waals surface area contributed by atoms with Crippen molar-refractivity contribution in [2.45, 2.75) is 26.2 Å². The second-order valence-corrected chi connectivity index (χ2v) is 3.25. The fraction of sp³-hybridized carbons (Fsp3) is 0.455. The molecule has 2 unspecified atom stereocenters. The van der Waals surface area contributed by atoms with E-state index in [-0.39, 0.29) is 11.9 Å². The molecule has 1 aromatic rings. The van der Waals surface area contributed by atoms with E-state index in [2.05, 4.69) is 0 Å². The van der Waals surface area contributed by atoms with Gasteiger partial charge in [0.2, 0.25) is 6.29 Å². The molecular weight excluding hydrogens is 197 g/mol. The molecule has 0 spiro atoms. The van der Waals surface area contributed by atoms with Crippen molar-refractivity contribution in [3.8, 4) is 5.75 Å². The molecule has 0 amide bonds. The monoisotopic (exact) mass is 213 g/mol. The van der Waals surface area contributed by atoms with E-state index in [1.807, 2.05) is 6.92 Å². The Hall–Kier alpha value is -1.13. The smallest absolute Gasteiger partial charge is 0.214 e. The number of benzene rings is 1. The minimum absolute atomic E-state index is 0.241. The van der Waals surface area contributed by atoms with Crippen molar-refractivity contribution in [1.82, 2.24) is 0 Å². The van der Waals surface area contributed by atoms with Gasteiger partial charge in [-0.15, -0.1) is 0 Å². The van der Waals surface area contributed by atoms with Crippen LogP contribution in [0.5, 0.6) is 5.75 Å². The van der Waals surface area contributed by atoms with E-state index in [0.717, 1.165) is 0 Å². The lowest BCUT2D eigenvalue weighted by molar-refractivity contribution is -0.0867. The fourth-order valence-corrected chi connectivity index (χ4v) is 1.10. The zero-order chi connectivity index (χ0) is 11.3. The topological polar surface area (TPSA) is 44.5 Å². The molecule has 1 rings (SSSR count). The summed E-state index contributed by atoms with van der Waals surface area (Å²) in [5.41, 5.74) is 5.68. The third-order valence-corrected chi connectivity index (χ3v) is 1.83. The second kappa shape index (κ2) is 5.68. The summed E-state index contributed by atoms with van der Waals surface area (Å²) in [6.07, 6.45) is -0.500. The van der Waals surface area contributed by atoms with Gasteiger partial charge in [-0.25, -0.2) is 4.39 Å². The van der Waals surface area contributed by atoms with E-state index < -0.39 is 6.29 Å². The Balaban J connectivity index is 2.61. The second-order valence-electron chi connectivity index (χ2n) is 3.25. The Morgan fingerprint density at radius 2 is 1.93 bits per heavy atom. The number of hydrogen-bond acceptors (Lipinski definition) is 3. The quantitative estimate of drug-likeness (QED) is 0.760. The predicted molar refractivity (Wildman–Crippen MR) is 56.1 cm³/mol. The number of halogens is 1. The van der Waals surface area contributed by atoms with Crippen LogP contribution >= 0.6 is 0 Å². The molecule has 0 saturated heterocycles. The molecule has 15 heavy (non-hydrogen) atoms. The lowest BCUT2D eigenvalue weighted by Crippen LogP contribution is -2.38. The molecule has 2 atom stereocenters. The van der Waals surface area contributed by atoms with Gasteiger partial charge >= 0.3 is 0 Å². The zero-order valence-corrected chi connectivity index (χ0v) is 8.94. The van der Waals surface area contributed by atoms with Crippen LogP contribution < -0.4 is 10.5 Å². The molecule has 0 fully saturated rings. The predicted octanol–water partition coefficient (Wildman–Crippen LogP) is 1.91. The van der Waals surface area contributed by atoms with Gasteiger partial charge in [0.05, 0.1) is 6.04 Å². The van der Waals surface area contributed by atoms with Crippen molar-refractivity contribution in [3.05, 3.63) is 30.1 Å². The standard InChI is InChI=1S/C11H16FNO2/c1-3-14-11(8(2)13)15-10-6-4-9(12)5-7-10/h4-8,11H,3,13H2,1-2H3. The number of hydrogen-bond donors (Lipinski definition) is 1. The van der Waals surface area contributed by atoms with Crippen LogP contribution in [0.4, 0.5) is 4.39 Å². The maximum Gasteiger partial charge on any atom is 0.214 e. The summed E-state index contributed by atoms with van der Waals surface area (Å²) in [6.45, 7) is 4.18. The van der Waals surface area contributed by atoms with E-state index in [4.69, 9.17) is 15.2 Å². The maximum atomic E-state index is 12.6. The molecular formula is C11H16FNO2. The highest BCUT2D eigenvalue weighted by atomic mass is 19.1. The van der Waals surface area contributed by atoms with Gasteiger partial charge in [-0.1, -0.05) is 0 Å². The first-order valence-electron chi connectivity index (χ1n) is 4.93. The molecule has 2 N–H and O–H groups in total. The number of ether oxygens (including phenoxy) is 2. The highest BCUT2D eigenvalue weighted by Crippen LogP contribution is 2.14. The van der Waals surface area contributed by atoms with Crippen molar-refractivity contribution in [2.75, 3.05) is 6.61 Å². The van der Waals surface area contributed by atoms with Gasteiger partial charge in [-0.3, -0.25) is 0 Å². The van der Waals surface area contributed by atoms with Gasteiger partial charge in [0.15, 0.2) is 0 Å². The van der Waals surface area contributed by atoms with E-state index >= 15 is 0 Å². The van der Waals surface area contributed by atoms with Crippen molar-refractivity contribution in [1.29, 1.82) is 0 Å². The van der Waals surface area contributed by atoms with Crippen LogP contribution in [0.1, 0.15) is 13.8 Å². The molecule has 0 aromatic heterocycles. The van der Waals surface area contributed by atoms with Gasteiger partial charge < -0.3 is 15.2 Å². The van der Waals surface area contributed by atoms with Crippen molar-refractivity contribution < 1.29 is 13.9 Å². The van der Waals surface area contributed by atoms with Gasteiger partial charge in [-0.05, 0) is 38.1 Å². The molecule has 0 saturated carbocycles. The number of nitrogens with two attached hydrogens (primary N) is 1. The van der Waals surface area contributed by atoms with Crippen LogP contribution in [-0.2, 0) is 4.74 Å². The Labute approximate surface area is 89.0 Å². The van der Waals surface area contributed by atoms with Crippen LogP contribution in [0.15, 0.2) is 24.3 Å². The lowest BCUT2D eigenvalue weighted by atomic mass is 10.3. The summed E-state index contributed by atoms with van der Waals surface area (Å²) in [4.78, 5) is 0. The molecule has 0 radical (unpaired) electrons. The minimum atomic E-state index is -0.500. The van der Waals surface area contributed by atoms with E-state index in [0.29, 0.717) is 12.4 Å². The molecule has 0 bridgehead atoms. The van der Waals surface area contributed by atoms with E-state index in [9.17, 15) is 4.39 Å². The van der Waals surface area contributed by atoms with Crippen LogP contribution in [0.2, 0.25) is 0 Å². The Bertz CT molecular complexity index is 287. The van der Waals surface area contributed by atoms with Crippen molar-refractivity contribution in [2.24, 2.45) is 5.73 Å². The Morgan fingerprint density at radius 1 is 1.33 bits per heavy atom. The molecule has 0 heterocycles. The molecule has 0 aliphatic rings.